The molecule has 174 valence electrons. The summed E-state index contributed by atoms with van der Waals surface area (Å²) in [6, 6.07) is 8.11. The van der Waals surface area contributed by atoms with Crippen LogP contribution in [0, 0.1) is 0 Å². The Hall–Kier alpha value is -2.26. The highest BCUT2D eigenvalue weighted by Crippen LogP contribution is 2.30. The lowest BCUT2D eigenvalue weighted by Crippen LogP contribution is -2.32. The number of rotatable bonds is 6. The maximum Gasteiger partial charge on any atom is 0.224 e. The number of hydrogen-bond acceptors (Lipinski definition) is 7. The number of anilines is 1. The van der Waals surface area contributed by atoms with Crippen LogP contribution in [0.5, 0.6) is 0 Å². The lowest BCUT2D eigenvalue weighted by molar-refractivity contribution is -0.118. The van der Waals surface area contributed by atoms with Crippen LogP contribution in [0.3, 0.4) is 0 Å². The molecular weight excluding hydrogens is 430 g/mol. The van der Waals surface area contributed by atoms with E-state index in [2.05, 4.69) is 33.3 Å². The van der Waals surface area contributed by atoms with Gasteiger partial charge < -0.3 is 25.0 Å². The fourth-order valence-electron chi connectivity index (χ4n) is 3.63. The number of ether oxygens (including phenoxy) is 1. The van der Waals surface area contributed by atoms with Gasteiger partial charge in [0.25, 0.3) is 0 Å². The second kappa shape index (κ2) is 11.6. The largest absolute Gasteiger partial charge is 0.396 e. The number of benzene rings is 1. The minimum Gasteiger partial charge on any atom is -0.396 e. The SMILES string of the molecule is CC(CO)c1cccc(C(C)Nc2nc(Cl)nc3c2CN(C=O)C3)c1.CN1CCOCC1. The van der Waals surface area contributed by atoms with Crippen molar-refractivity contribution in [2.75, 3.05) is 45.3 Å². The summed E-state index contributed by atoms with van der Waals surface area (Å²) in [6.45, 7) is 9.09. The maximum absolute atomic E-state index is 11.0. The number of aromatic nitrogens is 2. The quantitative estimate of drug-likeness (QED) is 0.505. The molecule has 0 radical (unpaired) electrons. The molecule has 2 N–H and O–H groups in total. The molecule has 1 saturated heterocycles. The number of aliphatic hydroxyl groups excluding tert-OH is 1. The molecule has 1 amide bonds. The summed E-state index contributed by atoms with van der Waals surface area (Å²) in [5.41, 5.74) is 3.87. The van der Waals surface area contributed by atoms with Crippen LogP contribution in [0.25, 0.3) is 0 Å². The third-order valence-corrected chi connectivity index (χ3v) is 5.94. The summed E-state index contributed by atoms with van der Waals surface area (Å²) in [5.74, 6) is 0.749. The van der Waals surface area contributed by atoms with E-state index in [-0.39, 0.29) is 23.9 Å². The van der Waals surface area contributed by atoms with Gasteiger partial charge in [-0.15, -0.1) is 0 Å². The zero-order valence-electron chi connectivity index (χ0n) is 18.9. The number of nitrogens with one attached hydrogen (secondary N) is 1. The molecule has 32 heavy (non-hydrogen) atoms. The smallest absolute Gasteiger partial charge is 0.224 e. The number of carbonyl (C=O) groups excluding carboxylic acids is 1. The summed E-state index contributed by atoms with van der Waals surface area (Å²) < 4.78 is 5.10. The summed E-state index contributed by atoms with van der Waals surface area (Å²) in [6.07, 6.45) is 0.808. The number of nitrogens with zero attached hydrogens (tertiary/aromatic N) is 4. The molecule has 0 aliphatic carbocycles. The Kier molecular flexibility index (Phi) is 8.81. The first kappa shape index (κ1) is 24.4. The van der Waals surface area contributed by atoms with Gasteiger partial charge in [0, 0.05) is 37.2 Å². The molecule has 2 unspecified atom stereocenters. The predicted molar refractivity (Wildman–Crippen MR) is 125 cm³/mol. The zero-order valence-corrected chi connectivity index (χ0v) is 19.7. The average molecular weight is 462 g/mol. The van der Waals surface area contributed by atoms with E-state index < -0.39 is 0 Å². The summed E-state index contributed by atoms with van der Waals surface area (Å²) in [7, 11) is 2.11. The van der Waals surface area contributed by atoms with Gasteiger partial charge in [-0.25, -0.2) is 9.97 Å². The summed E-state index contributed by atoms with van der Waals surface area (Å²) >= 11 is 6.04. The van der Waals surface area contributed by atoms with Crippen molar-refractivity contribution in [2.24, 2.45) is 0 Å². The van der Waals surface area contributed by atoms with E-state index >= 15 is 0 Å². The van der Waals surface area contributed by atoms with Gasteiger partial charge in [0.2, 0.25) is 11.7 Å². The highest BCUT2D eigenvalue weighted by atomic mass is 35.5. The third kappa shape index (κ3) is 6.38. The number of aliphatic hydroxyl groups is 1. The van der Waals surface area contributed by atoms with Crippen LogP contribution in [0.2, 0.25) is 5.28 Å². The van der Waals surface area contributed by atoms with E-state index in [0.717, 1.165) is 55.1 Å². The normalized spacial score (nSPS) is 17.7. The standard InChI is InChI=1S/C18H21ClN4O2.C5H11NO/c1-11(9-24)13-4-3-5-14(6-13)12(2)20-17-15-7-23(10-25)8-16(15)21-18(19)22-17;1-6-2-4-7-5-3-6/h3-6,10-12,24H,7-9H2,1-2H3,(H,20,21,22);2-5H2,1H3. The Bertz CT molecular complexity index is 907. The molecule has 0 bridgehead atoms. The van der Waals surface area contributed by atoms with Gasteiger partial charge in [-0.2, -0.15) is 0 Å². The second-order valence-electron chi connectivity index (χ2n) is 8.31. The van der Waals surface area contributed by atoms with Crippen molar-refractivity contribution in [3.63, 3.8) is 0 Å². The zero-order chi connectivity index (χ0) is 23.1. The number of carbonyl (C=O) groups is 1. The summed E-state index contributed by atoms with van der Waals surface area (Å²) in [4.78, 5) is 23.5. The van der Waals surface area contributed by atoms with Crippen molar-refractivity contribution in [1.82, 2.24) is 19.8 Å². The number of hydrogen-bond donors (Lipinski definition) is 2. The van der Waals surface area contributed by atoms with Crippen molar-refractivity contribution in [3.05, 3.63) is 51.9 Å². The van der Waals surface area contributed by atoms with Gasteiger partial charge in [-0.1, -0.05) is 31.2 Å². The van der Waals surface area contributed by atoms with Crippen LogP contribution in [0.4, 0.5) is 5.82 Å². The third-order valence-electron chi connectivity index (χ3n) is 5.77. The first-order valence-corrected chi connectivity index (χ1v) is 11.3. The van der Waals surface area contributed by atoms with E-state index in [0.29, 0.717) is 18.9 Å². The van der Waals surface area contributed by atoms with Crippen molar-refractivity contribution < 1.29 is 14.6 Å². The fourth-order valence-corrected chi connectivity index (χ4v) is 3.81. The Morgan fingerprint density at radius 2 is 1.94 bits per heavy atom. The monoisotopic (exact) mass is 461 g/mol. The van der Waals surface area contributed by atoms with Crippen LogP contribution in [-0.2, 0) is 22.6 Å². The summed E-state index contributed by atoms with van der Waals surface area (Å²) in [5, 5.41) is 12.9. The first-order chi connectivity index (χ1) is 15.4. The molecule has 2 atom stereocenters. The molecule has 2 aromatic rings. The first-order valence-electron chi connectivity index (χ1n) is 10.9. The van der Waals surface area contributed by atoms with Gasteiger partial charge in [0.1, 0.15) is 5.82 Å². The van der Waals surface area contributed by atoms with Crippen LogP contribution >= 0.6 is 11.6 Å². The number of fused-ring (bicyclic) bond motifs is 1. The van der Waals surface area contributed by atoms with Crippen molar-refractivity contribution in [3.8, 4) is 0 Å². The van der Waals surface area contributed by atoms with Gasteiger partial charge >= 0.3 is 0 Å². The number of amides is 1. The predicted octanol–water partition coefficient (Wildman–Crippen LogP) is 2.82. The number of likely N-dealkylation sites (N-methyl/N-ethyl adjacent to an activating group) is 1. The minimum absolute atomic E-state index is 0.00816. The molecule has 8 nitrogen and oxygen atoms in total. The Morgan fingerprint density at radius 3 is 2.56 bits per heavy atom. The Balaban J connectivity index is 0.000000352. The number of morpholine rings is 1. The molecule has 9 heteroatoms. The topological polar surface area (TPSA) is 90.8 Å². The molecule has 1 fully saturated rings. The van der Waals surface area contributed by atoms with Crippen molar-refractivity contribution in [2.45, 2.75) is 38.9 Å². The lowest BCUT2D eigenvalue weighted by atomic mass is 9.97. The van der Waals surface area contributed by atoms with Crippen LogP contribution in [-0.4, -0.2) is 71.2 Å². The van der Waals surface area contributed by atoms with Crippen molar-refractivity contribution in [1.29, 1.82) is 0 Å². The molecule has 1 aromatic carbocycles. The van der Waals surface area contributed by atoms with Crippen LogP contribution in [0.1, 0.15) is 48.2 Å². The Labute approximate surface area is 194 Å². The van der Waals surface area contributed by atoms with Gasteiger partial charge in [0.15, 0.2) is 0 Å². The molecule has 0 spiro atoms. The Morgan fingerprint density at radius 1 is 1.22 bits per heavy atom. The van der Waals surface area contributed by atoms with Gasteiger partial charge in [0.05, 0.1) is 32.0 Å². The second-order valence-corrected chi connectivity index (χ2v) is 8.65. The molecular formula is C23H32ClN5O3. The molecule has 2 aliphatic heterocycles. The maximum atomic E-state index is 11.0. The fraction of sp³-hybridized carbons (Fsp3) is 0.522. The molecule has 1 aromatic heterocycles. The average Bonchev–Trinajstić information content (AvgIpc) is 3.23. The van der Waals surface area contributed by atoms with E-state index in [1.807, 2.05) is 32.0 Å². The van der Waals surface area contributed by atoms with Crippen LogP contribution < -0.4 is 5.32 Å². The van der Waals surface area contributed by atoms with Crippen LogP contribution in [0.15, 0.2) is 24.3 Å². The van der Waals surface area contributed by atoms with Gasteiger partial charge in [-0.05, 0) is 36.7 Å². The molecule has 2 aliphatic rings. The molecule has 4 rings (SSSR count). The highest BCUT2D eigenvalue weighted by molar-refractivity contribution is 6.28. The van der Waals surface area contributed by atoms with Crippen molar-refractivity contribution >= 4 is 23.8 Å². The minimum atomic E-state index is -0.00816. The van der Waals surface area contributed by atoms with E-state index in [4.69, 9.17) is 16.3 Å². The van der Waals surface area contributed by atoms with Gasteiger partial charge in [-0.3, -0.25) is 4.79 Å². The van der Waals surface area contributed by atoms with E-state index in [1.54, 1.807) is 4.90 Å². The van der Waals surface area contributed by atoms with E-state index in [1.165, 1.54) is 0 Å². The lowest BCUT2D eigenvalue weighted by Gasteiger charge is -2.21. The molecule has 0 saturated carbocycles. The highest BCUT2D eigenvalue weighted by Gasteiger charge is 2.25. The van der Waals surface area contributed by atoms with E-state index in [9.17, 15) is 9.90 Å². The molecule has 3 heterocycles. The number of halogens is 1.